The number of alkyl carbamates (subject to hydrolysis) is 1. The number of anilines is 1. The molecule has 51 heavy (non-hydrogen) atoms. The molecular formula is C37H37N3O10S. The third kappa shape index (κ3) is 12.1. The van der Waals surface area contributed by atoms with Gasteiger partial charge in [0.15, 0.2) is 9.84 Å². The zero-order chi connectivity index (χ0) is 36.8. The predicted molar refractivity (Wildman–Crippen MR) is 188 cm³/mol. The van der Waals surface area contributed by atoms with E-state index in [4.69, 9.17) is 4.74 Å². The van der Waals surface area contributed by atoms with Gasteiger partial charge in [0.05, 0.1) is 11.5 Å². The van der Waals surface area contributed by atoms with E-state index in [0.29, 0.717) is 11.1 Å². The van der Waals surface area contributed by atoms with Gasteiger partial charge >= 0.3 is 18.0 Å². The Hall–Kier alpha value is -6.02. The minimum Gasteiger partial charge on any atom is -0.480 e. The number of ether oxygens (including phenoxy) is 1. The second-order valence-electron chi connectivity index (χ2n) is 11.5. The maximum absolute atomic E-state index is 13.8. The highest BCUT2D eigenvalue weighted by Crippen LogP contribution is 2.21. The number of hydrogen-bond donors (Lipinski definition) is 4. The van der Waals surface area contributed by atoms with Crippen molar-refractivity contribution in [1.82, 2.24) is 10.6 Å². The van der Waals surface area contributed by atoms with Crippen LogP contribution in [0.3, 0.4) is 0 Å². The zero-order valence-electron chi connectivity index (χ0n) is 27.4. The molecule has 0 aliphatic carbocycles. The Morgan fingerprint density at radius 1 is 0.686 bits per heavy atom. The molecule has 0 saturated carbocycles. The van der Waals surface area contributed by atoms with Gasteiger partial charge in [-0.2, -0.15) is 0 Å². The van der Waals surface area contributed by atoms with E-state index in [9.17, 15) is 42.6 Å². The molecular weight excluding hydrogens is 678 g/mol. The van der Waals surface area contributed by atoms with Gasteiger partial charge in [0.25, 0.3) is 5.91 Å². The van der Waals surface area contributed by atoms with E-state index in [0.717, 1.165) is 16.0 Å². The van der Waals surface area contributed by atoms with Gasteiger partial charge in [-0.15, -0.1) is 0 Å². The number of carbonyl (C=O) groups is 5. The molecule has 0 aliphatic rings. The van der Waals surface area contributed by atoms with Crippen LogP contribution in [0, 0.1) is 0 Å². The van der Waals surface area contributed by atoms with Crippen LogP contribution in [0.4, 0.5) is 10.5 Å². The summed E-state index contributed by atoms with van der Waals surface area (Å²) in [7, 11) is -4.11. The van der Waals surface area contributed by atoms with E-state index in [1.165, 1.54) is 12.1 Å². The first-order valence-corrected chi connectivity index (χ1v) is 17.6. The van der Waals surface area contributed by atoms with Crippen molar-refractivity contribution in [3.8, 4) is 11.1 Å². The van der Waals surface area contributed by atoms with E-state index in [2.05, 4.69) is 10.6 Å². The number of aliphatic carboxylic acids is 2. The number of carboxylic acids is 2. The maximum atomic E-state index is 13.8. The van der Waals surface area contributed by atoms with E-state index in [1.54, 1.807) is 72.8 Å². The summed E-state index contributed by atoms with van der Waals surface area (Å²) >= 11 is 0. The second kappa shape index (κ2) is 18.1. The topological polar surface area (TPSA) is 196 Å². The average Bonchev–Trinajstić information content (AvgIpc) is 3.12. The molecule has 4 aromatic carbocycles. The third-order valence-corrected chi connectivity index (χ3v) is 9.21. The molecule has 13 nitrogen and oxygen atoms in total. The lowest BCUT2D eigenvalue weighted by Crippen LogP contribution is -2.53. The smallest absolute Gasteiger partial charge is 0.408 e. The van der Waals surface area contributed by atoms with E-state index in [-0.39, 0.29) is 12.3 Å². The van der Waals surface area contributed by atoms with Crippen molar-refractivity contribution in [3.63, 3.8) is 0 Å². The molecule has 4 N–H and O–H groups in total. The van der Waals surface area contributed by atoms with Gasteiger partial charge in [0, 0.05) is 12.1 Å². The molecule has 0 unspecified atom stereocenters. The fourth-order valence-corrected chi connectivity index (χ4v) is 6.65. The standard InChI is InChI=1S/C37H37N3O10S/c41-33(21-20-31(36(45)46)39-37(47)50-23-26-10-4-1-5-11-26)38-32(35(44)40(22-34(42)43)30-14-8-3-9-15-30)25-51(48,49)24-27-16-18-29(19-17-27)28-12-6-2-7-13-28/h1-19,31-32H,20-25H2,(H,38,41)(H,39,47)(H,42,43)(H,45,46)/t31-,32-/m0/s1. The molecule has 0 heterocycles. The summed E-state index contributed by atoms with van der Waals surface area (Å²) < 4.78 is 32.1. The van der Waals surface area contributed by atoms with Gasteiger partial charge in [0.1, 0.15) is 25.2 Å². The number of benzene rings is 4. The largest absolute Gasteiger partial charge is 0.480 e. The quantitative estimate of drug-likeness (QED) is 0.124. The molecule has 266 valence electrons. The Morgan fingerprint density at radius 2 is 1.25 bits per heavy atom. The van der Waals surface area contributed by atoms with Gasteiger partial charge in [-0.1, -0.05) is 103 Å². The lowest BCUT2D eigenvalue weighted by atomic mass is 10.0. The zero-order valence-corrected chi connectivity index (χ0v) is 28.2. The molecule has 2 atom stereocenters. The average molecular weight is 716 g/mol. The molecule has 3 amide bonds. The van der Waals surface area contributed by atoms with Gasteiger partial charge in [0.2, 0.25) is 5.91 Å². The van der Waals surface area contributed by atoms with E-state index in [1.807, 2.05) is 30.3 Å². The minimum absolute atomic E-state index is 0.122. The summed E-state index contributed by atoms with van der Waals surface area (Å²) in [6.45, 7) is -0.949. The van der Waals surface area contributed by atoms with Crippen LogP contribution >= 0.6 is 0 Å². The van der Waals surface area contributed by atoms with Crippen LogP contribution in [0.1, 0.15) is 24.0 Å². The van der Waals surface area contributed by atoms with Crippen LogP contribution in [0.2, 0.25) is 0 Å². The minimum atomic E-state index is -4.11. The number of hydrogen-bond acceptors (Lipinski definition) is 8. The van der Waals surface area contributed by atoms with E-state index < -0.39 is 82.7 Å². The molecule has 0 fully saturated rings. The molecule has 0 bridgehead atoms. The lowest BCUT2D eigenvalue weighted by molar-refractivity contribution is -0.139. The van der Waals surface area contributed by atoms with Crippen LogP contribution in [-0.2, 0) is 46.1 Å². The number of amides is 3. The molecule has 0 aliphatic heterocycles. The summed E-state index contributed by atoms with van der Waals surface area (Å²) in [5.41, 5.74) is 3.04. The molecule has 14 heteroatoms. The normalized spacial score (nSPS) is 12.2. The molecule has 0 radical (unpaired) electrons. The van der Waals surface area contributed by atoms with Gasteiger partial charge in [-0.05, 0) is 40.8 Å². The maximum Gasteiger partial charge on any atom is 0.408 e. The summed E-state index contributed by atoms with van der Waals surface area (Å²) in [4.78, 5) is 63.7. The number of rotatable bonds is 17. The Labute approximate surface area is 294 Å². The van der Waals surface area contributed by atoms with Crippen molar-refractivity contribution in [3.05, 3.63) is 126 Å². The Balaban J connectivity index is 1.48. The number of nitrogens with one attached hydrogen (secondary N) is 2. The molecule has 0 aromatic heterocycles. The van der Waals surface area contributed by atoms with Crippen molar-refractivity contribution in [1.29, 1.82) is 0 Å². The fraction of sp³-hybridized carbons (Fsp3) is 0.216. The number of para-hydroxylation sites is 1. The van der Waals surface area contributed by atoms with Crippen LogP contribution in [0.15, 0.2) is 115 Å². The Kier molecular flexibility index (Phi) is 13.4. The van der Waals surface area contributed by atoms with Gasteiger partial charge < -0.3 is 25.6 Å². The molecule has 4 rings (SSSR count). The van der Waals surface area contributed by atoms with E-state index >= 15 is 0 Å². The fourth-order valence-electron chi connectivity index (χ4n) is 5.10. The van der Waals surface area contributed by atoms with Crippen molar-refractivity contribution < 1.29 is 47.3 Å². The highest BCUT2D eigenvalue weighted by molar-refractivity contribution is 7.90. The van der Waals surface area contributed by atoms with Crippen LogP contribution in [0.5, 0.6) is 0 Å². The summed E-state index contributed by atoms with van der Waals surface area (Å²) in [5, 5.41) is 23.8. The highest BCUT2D eigenvalue weighted by Gasteiger charge is 2.33. The number of carbonyl (C=O) groups excluding carboxylic acids is 3. The van der Waals surface area contributed by atoms with Crippen LogP contribution in [0.25, 0.3) is 11.1 Å². The lowest BCUT2D eigenvalue weighted by Gasteiger charge is -2.27. The molecule has 0 saturated heterocycles. The Morgan fingerprint density at radius 3 is 1.84 bits per heavy atom. The second-order valence-corrected chi connectivity index (χ2v) is 13.6. The van der Waals surface area contributed by atoms with Crippen LogP contribution in [-0.4, -0.2) is 72.9 Å². The number of sulfone groups is 1. The van der Waals surface area contributed by atoms with Crippen molar-refractivity contribution in [2.45, 2.75) is 37.3 Å². The summed E-state index contributed by atoms with van der Waals surface area (Å²) in [6, 6.07) is 29.3. The monoisotopic (exact) mass is 715 g/mol. The SMILES string of the molecule is O=C(O)CN(C(=O)[C@H](CS(=O)(=O)Cc1ccc(-c2ccccc2)cc1)NC(=O)CC[C@H](NC(=O)OCc1ccccc1)C(=O)O)c1ccccc1. The first kappa shape index (κ1) is 37.8. The van der Waals surface area contributed by atoms with Gasteiger partial charge in [-0.25, -0.2) is 18.0 Å². The van der Waals surface area contributed by atoms with Crippen molar-refractivity contribution in [2.24, 2.45) is 0 Å². The van der Waals surface area contributed by atoms with Crippen molar-refractivity contribution in [2.75, 3.05) is 17.2 Å². The molecule has 4 aromatic rings. The highest BCUT2D eigenvalue weighted by atomic mass is 32.2. The summed E-state index contributed by atoms with van der Waals surface area (Å²) in [6.07, 6.45) is -2.00. The predicted octanol–water partition coefficient (Wildman–Crippen LogP) is 4.03. The number of carboxylic acid groups (broad SMARTS) is 2. The number of nitrogens with zero attached hydrogens (tertiary/aromatic N) is 1. The van der Waals surface area contributed by atoms with Crippen molar-refractivity contribution >= 4 is 45.4 Å². The third-order valence-electron chi connectivity index (χ3n) is 7.59. The first-order valence-electron chi connectivity index (χ1n) is 15.8. The van der Waals surface area contributed by atoms with Gasteiger partial charge in [-0.3, -0.25) is 19.3 Å². The van der Waals surface area contributed by atoms with Crippen LogP contribution < -0.4 is 15.5 Å². The Bertz CT molecular complexity index is 1910. The summed E-state index contributed by atoms with van der Waals surface area (Å²) in [5.74, 6) is -6.10. The first-order chi connectivity index (χ1) is 24.4. The molecule has 0 spiro atoms.